The van der Waals surface area contributed by atoms with Crippen molar-refractivity contribution in [2.75, 3.05) is 0 Å². The number of fused-ring (bicyclic) bond motifs is 1. The van der Waals surface area contributed by atoms with Crippen LogP contribution >= 0.6 is 0 Å². The number of hydrogen-bond acceptors (Lipinski definition) is 2. The zero-order valence-electron chi connectivity index (χ0n) is 11.2. The van der Waals surface area contributed by atoms with Gasteiger partial charge in [0.25, 0.3) is 0 Å². The van der Waals surface area contributed by atoms with Crippen LogP contribution in [0.1, 0.15) is 26.4 Å². The number of benzene rings is 2. The van der Waals surface area contributed by atoms with Gasteiger partial charge in [0.1, 0.15) is 5.69 Å². The summed E-state index contributed by atoms with van der Waals surface area (Å²) >= 11 is 0. The van der Waals surface area contributed by atoms with E-state index in [4.69, 9.17) is 5.11 Å². The standard InChI is InChI=1S/C17H13NO3/c19-16(11-5-2-1-3-6-11)9-12-7-4-8-14-13(12)10-15(18-14)17(20)21/h1-8,10,18H,9H2,(H,20,21). The lowest BCUT2D eigenvalue weighted by Gasteiger charge is -2.03. The van der Waals surface area contributed by atoms with Crippen LogP contribution in [0.2, 0.25) is 0 Å². The lowest BCUT2D eigenvalue weighted by Crippen LogP contribution is -2.03. The number of hydrogen-bond donors (Lipinski definition) is 2. The summed E-state index contributed by atoms with van der Waals surface area (Å²) in [7, 11) is 0. The molecule has 4 heteroatoms. The van der Waals surface area contributed by atoms with Gasteiger partial charge in [-0.1, -0.05) is 42.5 Å². The van der Waals surface area contributed by atoms with Crippen LogP contribution < -0.4 is 0 Å². The maximum Gasteiger partial charge on any atom is 0.352 e. The third-order valence-electron chi connectivity index (χ3n) is 3.43. The van der Waals surface area contributed by atoms with E-state index in [2.05, 4.69) is 4.98 Å². The predicted octanol–water partition coefficient (Wildman–Crippen LogP) is 3.29. The summed E-state index contributed by atoms with van der Waals surface area (Å²) in [4.78, 5) is 26.1. The molecule has 0 amide bonds. The number of aromatic nitrogens is 1. The Labute approximate surface area is 121 Å². The lowest BCUT2D eigenvalue weighted by molar-refractivity contribution is 0.0691. The van der Waals surface area contributed by atoms with Gasteiger partial charge in [-0.2, -0.15) is 0 Å². The highest BCUT2D eigenvalue weighted by molar-refractivity contribution is 6.01. The van der Waals surface area contributed by atoms with E-state index in [1.807, 2.05) is 30.3 Å². The summed E-state index contributed by atoms with van der Waals surface area (Å²) in [6.45, 7) is 0. The Morgan fingerprint density at radius 2 is 1.76 bits per heavy atom. The van der Waals surface area contributed by atoms with Gasteiger partial charge in [-0.15, -0.1) is 0 Å². The van der Waals surface area contributed by atoms with Crippen LogP contribution in [0.15, 0.2) is 54.6 Å². The molecule has 0 saturated carbocycles. The topological polar surface area (TPSA) is 70.2 Å². The van der Waals surface area contributed by atoms with Crippen LogP contribution in [0.25, 0.3) is 10.9 Å². The maximum atomic E-state index is 12.3. The second-order valence-corrected chi connectivity index (χ2v) is 4.83. The first-order valence-electron chi connectivity index (χ1n) is 6.57. The summed E-state index contributed by atoms with van der Waals surface area (Å²) in [5.74, 6) is -0.993. The van der Waals surface area contributed by atoms with Gasteiger partial charge >= 0.3 is 5.97 Å². The zero-order chi connectivity index (χ0) is 14.8. The molecule has 1 heterocycles. The number of carboxylic acid groups (broad SMARTS) is 1. The number of aromatic amines is 1. The summed E-state index contributed by atoms with van der Waals surface area (Å²) in [6.07, 6.45) is 0.248. The molecule has 2 aromatic carbocycles. The van der Waals surface area contributed by atoms with Gasteiger partial charge in [0.2, 0.25) is 0 Å². The van der Waals surface area contributed by atoms with E-state index in [9.17, 15) is 9.59 Å². The SMILES string of the molecule is O=C(Cc1cccc2[nH]c(C(=O)O)cc12)c1ccccc1. The first kappa shape index (κ1) is 13.1. The van der Waals surface area contributed by atoms with Gasteiger partial charge in [0, 0.05) is 22.9 Å². The van der Waals surface area contributed by atoms with Crippen molar-refractivity contribution in [2.45, 2.75) is 6.42 Å². The van der Waals surface area contributed by atoms with Crippen molar-refractivity contribution < 1.29 is 14.7 Å². The van der Waals surface area contributed by atoms with Crippen LogP contribution in [0, 0.1) is 0 Å². The number of carbonyl (C=O) groups excluding carboxylic acids is 1. The molecule has 2 N–H and O–H groups in total. The Morgan fingerprint density at radius 1 is 1.00 bits per heavy atom. The monoisotopic (exact) mass is 279 g/mol. The highest BCUT2D eigenvalue weighted by atomic mass is 16.4. The molecule has 0 unspecified atom stereocenters. The van der Waals surface area contributed by atoms with E-state index >= 15 is 0 Å². The maximum absolute atomic E-state index is 12.3. The number of carbonyl (C=O) groups is 2. The van der Waals surface area contributed by atoms with Crippen LogP contribution in [-0.4, -0.2) is 21.8 Å². The molecule has 0 fully saturated rings. The fraction of sp³-hybridized carbons (Fsp3) is 0.0588. The summed E-state index contributed by atoms with van der Waals surface area (Å²) in [5, 5.41) is 9.82. The molecule has 0 atom stereocenters. The molecule has 0 radical (unpaired) electrons. The van der Waals surface area contributed by atoms with Crippen molar-refractivity contribution in [2.24, 2.45) is 0 Å². The molecular weight excluding hydrogens is 266 g/mol. The largest absolute Gasteiger partial charge is 0.477 e. The number of carboxylic acids is 1. The Morgan fingerprint density at radius 3 is 2.48 bits per heavy atom. The molecule has 3 aromatic rings. The summed E-state index contributed by atoms with van der Waals surface area (Å²) in [6, 6.07) is 16.1. The molecule has 0 saturated heterocycles. The average Bonchev–Trinajstić information content (AvgIpc) is 2.93. The van der Waals surface area contributed by atoms with Gasteiger partial charge in [-0.25, -0.2) is 4.79 Å². The Kier molecular flexibility index (Phi) is 3.28. The number of H-pyrrole nitrogens is 1. The molecule has 21 heavy (non-hydrogen) atoms. The molecule has 0 aliphatic heterocycles. The van der Waals surface area contributed by atoms with E-state index < -0.39 is 5.97 Å². The molecule has 3 rings (SSSR count). The third kappa shape index (κ3) is 2.56. The minimum absolute atomic E-state index is 0.0150. The van der Waals surface area contributed by atoms with Crippen LogP contribution in [0.4, 0.5) is 0 Å². The molecule has 0 aliphatic carbocycles. The van der Waals surface area contributed by atoms with E-state index in [0.29, 0.717) is 5.56 Å². The minimum atomic E-state index is -1.01. The van der Waals surface area contributed by atoms with Crippen LogP contribution in [-0.2, 0) is 6.42 Å². The second-order valence-electron chi connectivity index (χ2n) is 4.83. The number of Topliss-reactive ketones (excluding diaryl/α,β-unsaturated/α-hetero) is 1. The average molecular weight is 279 g/mol. The van der Waals surface area contributed by atoms with Gasteiger partial charge in [-0.3, -0.25) is 4.79 Å². The van der Waals surface area contributed by atoms with Gasteiger partial charge in [0.05, 0.1) is 0 Å². The molecule has 4 nitrogen and oxygen atoms in total. The van der Waals surface area contributed by atoms with E-state index in [0.717, 1.165) is 16.5 Å². The normalized spacial score (nSPS) is 10.7. The van der Waals surface area contributed by atoms with Crippen molar-refractivity contribution >= 4 is 22.7 Å². The Hall–Kier alpha value is -2.88. The van der Waals surface area contributed by atoms with Crippen LogP contribution in [0.5, 0.6) is 0 Å². The number of ketones is 1. The number of rotatable bonds is 4. The molecule has 0 spiro atoms. The number of aromatic carboxylic acids is 1. The van der Waals surface area contributed by atoms with Crippen molar-refractivity contribution in [3.8, 4) is 0 Å². The fourth-order valence-corrected chi connectivity index (χ4v) is 2.39. The summed E-state index contributed by atoms with van der Waals surface area (Å²) < 4.78 is 0. The van der Waals surface area contributed by atoms with Crippen molar-refractivity contribution in [1.82, 2.24) is 4.98 Å². The fourth-order valence-electron chi connectivity index (χ4n) is 2.39. The van der Waals surface area contributed by atoms with Crippen molar-refractivity contribution in [3.63, 3.8) is 0 Å². The van der Waals surface area contributed by atoms with E-state index in [1.165, 1.54) is 0 Å². The minimum Gasteiger partial charge on any atom is -0.477 e. The van der Waals surface area contributed by atoms with Gasteiger partial charge in [-0.05, 0) is 17.7 Å². The Balaban J connectivity index is 1.97. The second kappa shape index (κ2) is 5.25. The molecule has 0 bridgehead atoms. The van der Waals surface area contributed by atoms with E-state index in [-0.39, 0.29) is 17.9 Å². The van der Waals surface area contributed by atoms with Crippen molar-refractivity contribution in [3.05, 3.63) is 71.4 Å². The van der Waals surface area contributed by atoms with Crippen LogP contribution in [0.3, 0.4) is 0 Å². The molecule has 104 valence electrons. The first-order chi connectivity index (χ1) is 10.1. The molecular formula is C17H13NO3. The first-order valence-corrected chi connectivity index (χ1v) is 6.57. The Bertz CT molecular complexity index is 818. The summed E-state index contributed by atoms with van der Waals surface area (Å²) in [5.41, 5.74) is 2.34. The number of nitrogens with one attached hydrogen (secondary N) is 1. The van der Waals surface area contributed by atoms with E-state index in [1.54, 1.807) is 24.3 Å². The quantitative estimate of drug-likeness (QED) is 0.720. The molecule has 1 aromatic heterocycles. The van der Waals surface area contributed by atoms with Gasteiger partial charge < -0.3 is 10.1 Å². The molecule has 0 aliphatic rings. The smallest absolute Gasteiger partial charge is 0.352 e. The third-order valence-corrected chi connectivity index (χ3v) is 3.43. The van der Waals surface area contributed by atoms with Crippen molar-refractivity contribution in [1.29, 1.82) is 0 Å². The highest BCUT2D eigenvalue weighted by Gasteiger charge is 2.13. The highest BCUT2D eigenvalue weighted by Crippen LogP contribution is 2.21. The predicted molar refractivity (Wildman–Crippen MR) is 79.7 cm³/mol. The lowest BCUT2D eigenvalue weighted by atomic mass is 10.0. The zero-order valence-corrected chi connectivity index (χ0v) is 11.2. The van der Waals surface area contributed by atoms with Gasteiger partial charge in [0.15, 0.2) is 5.78 Å².